The van der Waals surface area contributed by atoms with Gasteiger partial charge in [-0.25, -0.2) is 0 Å². The van der Waals surface area contributed by atoms with Crippen LogP contribution in [0.15, 0.2) is 0 Å². The Morgan fingerprint density at radius 3 is 2.36 bits per heavy atom. The van der Waals surface area contributed by atoms with Crippen molar-refractivity contribution < 1.29 is 0 Å². The van der Waals surface area contributed by atoms with Crippen LogP contribution in [-0.2, 0) is 0 Å². The second-order valence-corrected chi connectivity index (χ2v) is 4.12. The van der Waals surface area contributed by atoms with Crippen LogP contribution in [0.2, 0.25) is 0 Å². The van der Waals surface area contributed by atoms with Crippen LogP contribution in [0.3, 0.4) is 0 Å². The first kappa shape index (κ1) is 9.09. The molecule has 11 heavy (non-hydrogen) atoms. The predicted octanol–water partition coefficient (Wildman–Crippen LogP) is 3.82. The molecule has 0 aromatic carbocycles. The van der Waals surface area contributed by atoms with Crippen LogP contribution >= 0.6 is 0 Å². The summed E-state index contributed by atoms with van der Waals surface area (Å²) in [5.74, 6) is 2.05. The molecule has 65 valence electrons. The second-order valence-electron chi connectivity index (χ2n) is 4.12. The van der Waals surface area contributed by atoms with Gasteiger partial charge < -0.3 is 0 Å². The number of hydrogen-bond acceptors (Lipinski definition) is 0. The third-order valence-corrected chi connectivity index (χ3v) is 3.00. The fraction of sp³-hybridized carbons (Fsp3) is 0.909. The Morgan fingerprint density at radius 1 is 1.18 bits per heavy atom. The molecule has 0 heteroatoms. The highest BCUT2D eigenvalue weighted by atomic mass is 14.2. The maximum absolute atomic E-state index is 3.89. The first-order chi connectivity index (χ1) is 5.33. The van der Waals surface area contributed by atoms with E-state index < -0.39 is 0 Å². The molecule has 0 bridgehead atoms. The summed E-state index contributed by atoms with van der Waals surface area (Å²) in [6.45, 7) is 6.27. The summed E-state index contributed by atoms with van der Waals surface area (Å²) in [4.78, 5) is 0. The van der Waals surface area contributed by atoms with E-state index in [9.17, 15) is 0 Å². The summed E-state index contributed by atoms with van der Waals surface area (Å²) in [5, 5.41) is 0. The van der Waals surface area contributed by atoms with Gasteiger partial charge in [0.15, 0.2) is 0 Å². The molecular weight excluding hydrogens is 132 g/mol. The molecule has 1 aliphatic rings. The molecule has 0 amide bonds. The summed E-state index contributed by atoms with van der Waals surface area (Å²) < 4.78 is 0. The topological polar surface area (TPSA) is 0 Å². The lowest BCUT2D eigenvalue weighted by molar-refractivity contribution is 0.274. The molecule has 0 aromatic rings. The maximum Gasteiger partial charge on any atom is -0.0414 e. The van der Waals surface area contributed by atoms with Gasteiger partial charge in [-0.1, -0.05) is 58.8 Å². The Bertz CT molecular complexity index is 85.5. The van der Waals surface area contributed by atoms with Crippen LogP contribution in [0.25, 0.3) is 0 Å². The van der Waals surface area contributed by atoms with E-state index in [2.05, 4.69) is 13.8 Å². The number of hydrogen-bond donors (Lipinski definition) is 0. The Labute approximate surface area is 71.4 Å². The largest absolute Gasteiger partial charge is 0.0625 e. The average molecular weight is 153 g/mol. The van der Waals surface area contributed by atoms with Crippen molar-refractivity contribution in [1.82, 2.24) is 0 Å². The minimum atomic E-state index is 1.01. The second kappa shape index (κ2) is 4.79. The molecule has 0 heterocycles. The van der Waals surface area contributed by atoms with Crippen molar-refractivity contribution in [2.24, 2.45) is 11.8 Å². The molecule has 1 radical (unpaired) electrons. The van der Waals surface area contributed by atoms with Gasteiger partial charge >= 0.3 is 0 Å². The molecule has 0 spiro atoms. The SMILES string of the molecule is [CH2]CCCC1CCC(C)CC1. The van der Waals surface area contributed by atoms with Gasteiger partial charge in [0.25, 0.3) is 0 Å². The van der Waals surface area contributed by atoms with Gasteiger partial charge in [0, 0.05) is 0 Å². The van der Waals surface area contributed by atoms with Crippen molar-refractivity contribution in [2.75, 3.05) is 0 Å². The van der Waals surface area contributed by atoms with E-state index >= 15 is 0 Å². The van der Waals surface area contributed by atoms with E-state index in [0.717, 1.165) is 18.3 Å². The summed E-state index contributed by atoms with van der Waals surface area (Å²) in [6, 6.07) is 0. The summed E-state index contributed by atoms with van der Waals surface area (Å²) in [5.41, 5.74) is 0. The van der Waals surface area contributed by atoms with Crippen molar-refractivity contribution >= 4 is 0 Å². The average Bonchev–Trinajstić information content (AvgIpc) is 2.04. The monoisotopic (exact) mass is 153 g/mol. The van der Waals surface area contributed by atoms with Crippen molar-refractivity contribution in [1.29, 1.82) is 0 Å². The van der Waals surface area contributed by atoms with Crippen LogP contribution in [0.5, 0.6) is 0 Å². The number of unbranched alkanes of at least 4 members (excludes halogenated alkanes) is 1. The quantitative estimate of drug-likeness (QED) is 0.578. The van der Waals surface area contributed by atoms with Gasteiger partial charge in [-0.05, 0) is 11.8 Å². The van der Waals surface area contributed by atoms with Crippen molar-refractivity contribution in [3.63, 3.8) is 0 Å². The fourth-order valence-corrected chi connectivity index (χ4v) is 2.05. The minimum Gasteiger partial charge on any atom is -0.0625 e. The molecule has 0 N–H and O–H groups in total. The van der Waals surface area contributed by atoms with Gasteiger partial charge in [0.05, 0.1) is 0 Å². The molecule has 1 saturated carbocycles. The number of rotatable bonds is 3. The first-order valence-corrected chi connectivity index (χ1v) is 5.12. The van der Waals surface area contributed by atoms with Gasteiger partial charge in [-0.15, -0.1) is 0 Å². The fourth-order valence-electron chi connectivity index (χ4n) is 2.05. The normalized spacial score (nSPS) is 32.2. The minimum absolute atomic E-state index is 1.01. The van der Waals surface area contributed by atoms with Crippen molar-refractivity contribution in [2.45, 2.75) is 51.9 Å². The molecule has 0 aliphatic heterocycles. The van der Waals surface area contributed by atoms with E-state index in [0.29, 0.717) is 0 Å². The van der Waals surface area contributed by atoms with Crippen molar-refractivity contribution in [3.05, 3.63) is 6.92 Å². The molecule has 0 nitrogen and oxygen atoms in total. The molecule has 0 saturated heterocycles. The van der Waals surface area contributed by atoms with Gasteiger partial charge in [0.2, 0.25) is 0 Å². The Morgan fingerprint density at radius 2 is 1.82 bits per heavy atom. The summed E-state index contributed by atoms with van der Waals surface area (Å²) in [6.07, 6.45) is 9.84. The first-order valence-electron chi connectivity index (χ1n) is 5.12. The zero-order valence-electron chi connectivity index (χ0n) is 7.81. The molecule has 1 fully saturated rings. The molecule has 0 atom stereocenters. The highest BCUT2D eigenvalue weighted by Gasteiger charge is 2.16. The van der Waals surface area contributed by atoms with Crippen molar-refractivity contribution in [3.8, 4) is 0 Å². The standard InChI is InChI=1S/C11H21/c1-3-4-5-11-8-6-10(2)7-9-11/h10-11H,1,3-9H2,2H3. The molecule has 1 aliphatic carbocycles. The predicted molar refractivity (Wildman–Crippen MR) is 50.3 cm³/mol. The highest BCUT2D eigenvalue weighted by Crippen LogP contribution is 2.31. The summed E-state index contributed by atoms with van der Waals surface area (Å²) in [7, 11) is 0. The van der Waals surface area contributed by atoms with Crippen LogP contribution in [0.4, 0.5) is 0 Å². The lowest BCUT2D eigenvalue weighted by atomic mass is 9.81. The van der Waals surface area contributed by atoms with Crippen LogP contribution < -0.4 is 0 Å². The van der Waals surface area contributed by atoms with Gasteiger partial charge in [0.1, 0.15) is 0 Å². The van der Waals surface area contributed by atoms with Crippen LogP contribution in [0, 0.1) is 18.8 Å². The van der Waals surface area contributed by atoms with E-state index in [4.69, 9.17) is 0 Å². The zero-order chi connectivity index (χ0) is 8.10. The molecular formula is C11H21. The zero-order valence-corrected chi connectivity index (χ0v) is 7.81. The summed E-state index contributed by atoms with van der Waals surface area (Å²) >= 11 is 0. The Hall–Kier alpha value is 0. The van der Waals surface area contributed by atoms with Crippen LogP contribution in [0.1, 0.15) is 51.9 Å². The lowest BCUT2D eigenvalue weighted by Crippen LogP contribution is -2.11. The van der Waals surface area contributed by atoms with E-state index in [-0.39, 0.29) is 0 Å². The molecule has 0 unspecified atom stereocenters. The third kappa shape index (κ3) is 3.27. The Kier molecular flexibility index (Phi) is 3.96. The molecule has 1 rings (SSSR count). The van der Waals surface area contributed by atoms with Gasteiger partial charge in [-0.2, -0.15) is 0 Å². The highest BCUT2D eigenvalue weighted by molar-refractivity contribution is 4.69. The van der Waals surface area contributed by atoms with Gasteiger partial charge in [-0.3, -0.25) is 0 Å². The Balaban J connectivity index is 2.07. The van der Waals surface area contributed by atoms with E-state index in [1.165, 1.54) is 38.5 Å². The third-order valence-electron chi connectivity index (χ3n) is 3.00. The smallest absolute Gasteiger partial charge is 0.0414 e. The lowest BCUT2D eigenvalue weighted by Gasteiger charge is -2.25. The van der Waals surface area contributed by atoms with Crippen LogP contribution in [-0.4, -0.2) is 0 Å². The molecule has 0 aromatic heterocycles. The maximum atomic E-state index is 3.89. The van der Waals surface area contributed by atoms with E-state index in [1.807, 2.05) is 0 Å². The van der Waals surface area contributed by atoms with E-state index in [1.54, 1.807) is 0 Å².